The number of carboxylic acid groups (broad SMARTS) is 1. The van der Waals surface area contributed by atoms with E-state index in [4.69, 9.17) is 0 Å². The molecule has 1 fully saturated rings. The lowest BCUT2D eigenvalue weighted by Crippen LogP contribution is -2.59. The number of carboxylic acids is 1. The van der Waals surface area contributed by atoms with Crippen molar-refractivity contribution in [1.29, 1.82) is 0 Å². The Morgan fingerprint density at radius 3 is 2.62 bits per heavy atom. The highest BCUT2D eigenvalue weighted by Crippen LogP contribution is 2.46. The van der Waals surface area contributed by atoms with Gasteiger partial charge >= 0.3 is 5.97 Å². The number of nitrogens with zero attached hydrogens (tertiary/aromatic N) is 2. The van der Waals surface area contributed by atoms with E-state index in [1.54, 1.807) is 11.0 Å². The van der Waals surface area contributed by atoms with Crippen LogP contribution in [0.2, 0.25) is 0 Å². The Morgan fingerprint density at radius 2 is 1.85 bits per heavy atom. The molecule has 5 atom stereocenters. The van der Waals surface area contributed by atoms with E-state index in [0.29, 0.717) is 37.8 Å². The van der Waals surface area contributed by atoms with Gasteiger partial charge in [0.25, 0.3) is 5.91 Å². The summed E-state index contributed by atoms with van der Waals surface area (Å²) in [6, 6.07) is 12.3. The Morgan fingerprint density at radius 1 is 1.10 bits per heavy atom. The lowest BCUT2D eigenvalue weighted by molar-refractivity contribution is -0.150. The zero-order valence-corrected chi connectivity index (χ0v) is 22.0. The Balaban J connectivity index is 1.37. The average molecular weight is 529 g/mol. The Hall–Kier alpha value is -4.14. The van der Waals surface area contributed by atoms with Crippen molar-refractivity contribution in [2.75, 3.05) is 6.54 Å². The van der Waals surface area contributed by atoms with E-state index in [1.807, 2.05) is 56.3 Å². The van der Waals surface area contributed by atoms with Crippen LogP contribution in [0.1, 0.15) is 66.3 Å². The molecular weight excluding hydrogens is 496 g/mol. The first-order valence-electron chi connectivity index (χ1n) is 13.7. The number of fused-ring (bicyclic) bond motifs is 7. The summed E-state index contributed by atoms with van der Waals surface area (Å²) >= 11 is 0. The third kappa shape index (κ3) is 3.90. The third-order valence-electron chi connectivity index (χ3n) is 8.75. The fourth-order valence-electron chi connectivity index (χ4n) is 6.54. The lowest BCUT2D eigenvalue weighted by atomic mass is 9.89. The number of H-pyrrole nitrogens is 1. The van der Waals surface area contributed by atoms with E-state index in [9.17, 15) is 24.3 Å². The number of aliphatic carboxylic acids is 1. The van der Waals surface area contributed by atoms with Gasteiger partial charge in [0, 0.05) is 35.1 Å². The maximum Gasteiger partial charge on any atom is 0.326 e. The normalized spacial score (nSPS) is 23.2. The minimum Gasteiger partial charge on any atom is -0.480 e. The van der Waals surface area contributed by atoms with Gasteiger partial charge in [-0.3, -0.25) is 14.4 Å². The molecule has 1 saturated heterocycles. The number of hydrogen-bond donors (Lipinski definition) is 3. The second-order valence-electron chi connectivity index (χ2n) is 10.9. The Kier molecular flexibility index (Phi) is 6.16. The summed E-state index contributed by atoms with van der Waals surface area (Å²) in [4.78, 5) is 59.7. The van der Waals surface area contributed by atoms with E-state index >= 15 is 0 Å². The second kappa shape index (κ2) is 9.55. The summed E-state index contributed by atoms with van der Waals surface area (Å²) in [5, 5.41) is 13.6. The molecule has 0 spiro atoms. The molecule has 3 amide bonds. The average Bonchev–Trinajstić information content (AvgIpc) is 3.65. The standard InChI is InChI=1S/C30H32N4O5/c1-3-16(2)24(29(37)33-14-8-13-22(33)30(38)39)32-27(35)23-15-20-17-9-6-7-12-21(17)31-25(20)26-18-10-4-5-11-19(18)28(36)34(23)26/h4-7,9-12,16,22-24,26,31H,3,8,13-15H2,1-2H3,(H,32,35)(H,38,39)/t16-,22+,23-,24-,26+/m0/s1. The number of likely N-dealkylation sites (tertiary alicyclic amines) is 1. The predicted molar refractivity (Wildman–Crippen MR) is 144 cm³/mol. The molecular formula is C30H32N4O5. The molecule has 0 aliphatic carbocycles. The van der Waals surface area contributed by atoms with Gasteiger partial charge in [0.15, 0.2) is 0 Å². The summed E-state index contributed by atoms with van der Waals surface area (Å²) in [6.07, 6.45) is 1.94. The number of rotatable bonds is 6. The van der Waals surface area contributed by atoms with Crippen molar-refractivity contribution in [3.8, 4) is 0 Å². The van der Waals surface area contributed by atoms with E-state index in [1.165, 1.54) is 4.90 Å². The van der Waals surface area contributed by atoms with Crippen molar-refractivity contribution < 1.29 is 24.3 Å². The van der Waals surface area contributed by atoms with Gasteiger partial charge in [-0.2, -0.15) is 0 Å². The van der Waals surface area contributed by atoms with Crippen molar-refractivity contribution in [2.24, 2.45) is 5.92 Å². The molecule has 3 aliphatic heterocycles. The van der Waals surface area contributed by atoms with Crippen LogP contribution in [0, 0.1) is 5.92 Å². The Bertz CT molecular complexity index is 1500. The zero-order chi connectivity index (χ0) is 27.4. The van der Waals surface area contributed by atoms with E-state index in [0.717, 1.165) is 27.7 Å². The van der Waals surface area contributed by atoms with Crippen LogP contribution in [-0.4, -0.2) is 68.3 Å². The number of aromatic amines is 1. The first-order chi connectivity index (χ1) is 18.8. The van der Waals surface area contributed by atoms with Crippen molar-refractivity contribution in [1.82, 2.24) is 20.1 Å². The predicted octanol–water partition coefficient (Wildman–Crippen LogP) is 3.24. The van der Waals surface area contributed by atoms with Crippen LogP contribution in [0.3, 0.4) is 0 Å². The van der Waals surface area contributed by atoms with Crippen LogP contribution >= 0.6 is 0 Å². The number of amides is 3. The summed E-state index contributed by atoms with van der Waals surface area (Å²) in [7, 11) is 0. The van der Waals surface area contributed by atoms with Crippen LogP contribution in [-0.2, 0) is 20.8 Å². The molecule has 0 bridgehead atoms. The summed E-state index contributed by atoms with van der Waals surface area (Å²) in [5.41, 5.74) is 4.27. The van der Waals surface area contributed by atoms with Crippen LogP contribution < -0.4 is 5.32 Å². The van der Waals surface area contributed by atoms with Crippen molar-refractivity contribution in [3.63, 3.8) is 0 Å². The molecule has 0 saturated carbocycles. The fourth-order valence-corrected chi connectivity index (χ4v) is 6.54. The summed E-state index contributed by atoms with van der Waals surface area (Å²) < 4.78 is 0. The molecule has 3 aromatic rings. The highest BCUT2D eigenvalue weighted by Gasteiger charge is 2.50. The SMILES string of the molecule is CC[C@H](C)[C@H](NC(=O)[C@@H]1Cc2c([nH]c3ccccc23)[C@H]2c3ccccc3C(=O)N21)C(=O)N1CCC[C@@H]1C(=O)O. The lowest BCUT2D eigenvalue weighted by Gasteiger charge is -2.38. The maximum atomic E-state index is 14.1. The zero-order valence-electron chi connectivity index (χ0n) is 22.0. The van der Waals surface area contributed by atoms with E-state index in [2.05, 4.69) is 10.3 Å². The van der Waals surface area contributed by atoms with Gasteiger partial charge in [-0.1, -0.05) is 56.7 Å². The number of para-hydroxylation sites is 1. The molecule has 1 aromatic heterocycles. The summed E-state index contributed by atoms with van der Waals surface area (Å²) in [6.45, 7) is 4.17. The number of nitrogens with one attached hydrogen (secondary N) is 2. The monoisotopic (exact) mass is 528 g/mol. The van der Waals surface area contributed by atoms with Crippen molar-refractivity contribution in [2.45, 2.75) is 63.7 Å². The largest absolute Gasteiger partial charge is 0.480 e. The van der Waals surface area contributed by atoms with Gasteiger partial charge < -0.3 is 25.2 Å². The van der Waals surface area contributed by atoms with Gasteiger partial charge in [0.05, 0.1) is 6.04 Å². The minimum atomic E-state index is -1.03. The highest BCUT2D eigenvalue weighted by molar-refractivity contribution is 6.04. The van der Waals surface area contributed by atoms with Crippen LogP contribution in [0.5, 0.6) is 0 Å². The molecule has 39 heavy (non-hydrogen) atoms. The van der Waals surface area contributed by atoms with Crippen LogP contribution in [0.25, 0.3) is 10.9 Å². The highest BCUT2D eigenvalue weighted by atomic mass is 16.4. The molecule has 202 valence electrons. The number of carbonyl (C=O) groups is 4. The fraction of sp³-hybridized carbons (Fsp3) is 0.400. The minimum absolute atomic E-state index is 0.211. The molecule has 2 aromatic carbocycles. The second-order valence-corrected chi connectivity index (χ2v) is 10.9. The van der Waals surface area contributed by atoms with E-state index < -0.39 is 36.0 Å². The van der Waals surface area contributed by atoms with Gasteiger partial charge in [-0.25, -0.2) is 4.79 Å². The van der Waals surface area contributed by atoms with Crippen molar-refractivity contribution >= 4 is 34.6 Å². The van der Waals surface area contributed by atoms with Gasteiger partial charge in [0.2, 0.25) is 11.8 Å². The Labute approximate surface area is 226 Å². The van der Waals surface area contributed by atoms with Crippen molar-refractivity contribution in [3.05, 3.63) is 70.9 Å². The molecule has 9 nitrogen and oxygen atoms in total. The summed E-state index contributed by atoms with van der Waals surface area (Å²) in [5.74, 6) is -2.24. The maximum absolute atomic E-state index is 14.1. The smallest absolute Gasteiger partial charge is 0.326 e. The molecule has 0 radical (unpaired) electrons. The molecule has 3 N–H and O–H groups in total. The third-order valence-corrected chi connectivity index (χ3v) is 8.75. The quantitative estimate of drug-likeness (QED) is 0.453. The first kappa shape index (κ1) is 25.2. The molecule has 4 heterocycles. The van der Waals surface area contributed by atoms with Gasteiger partial charge in [-0.05, 0) is 42.0 Å². The molecule has 6 rings (SSSR count). The molecule has 3 aliphatic rings. The number of hydrogen-bond acceptors (Lipinski definition) is 4. The van der Waals surface area contributed by atoms with Crippen LogP contribution in [0.4, 0.5) is 0 Å². The topological polar surface area (TPSA) is 123 Å². The van der Waals surface area contributed by atoms with Gasteiger partial charge in [-0.15, -0.1) is 0 Å². The molecule has 9 heteroatoms. The number of aromatic nitrogens is 1. The van der Waals surface area contributed by atoms with E-state index in [-0.39, 0.29) is 17.7 Å². The molecule has 0 unspecified atom stereocenters. The number of benzene rings is 2. The van der Waals surface area contributed by atoms with Crippen LogP contribution in [0.15, 0.2) is 48.5 Å². The first-order valence-corrected chi connectivity index (χ1v) is 13.7. The number of carbonyl (C=O) groups excluding carboxylic acids is 3. The van der Waals surface area contributed by atoms with Gasteiger partial charge in [0.1, 0.15) is 18.1 Å².